The molecule has 1 heterocycles. The number of nitrogens with two attached hydrogens (primary N) is 1. The van der Waals surface area contributed by atoms with E-state index in [-0.39, 0.29) is 5.75 Å². The summed E-state index contributed by atoms with van der Waals surface area (Å²) < 4.78 is 38.0. The minimum absolute atomic E-state index is 0.118. The summed E-state index contributed by atoms with van der Waals surface area (Å²) in [6.07, 6.45) is 0.773. The van der Waals surface area contributed by atoms with Crippen LogP contribution in [0.5, 0.6) is 17.2 Å². The molecule has 1 aliphatic heterocycles. The molecule has 0 spiro atoms. The van der Waals surface area contributed by atoms with Crippen LogP contribution in [0.1, 0.15) is 16.7 Å². The topological polar surface area (TPSA) is 91.1 Å². The summed E-state index contributed by atoms with van der Waals surface area (Å²) in [6, 6.07) is 11.5. The first-order valence-corrected chi connectivity index (χ1v) is 9.63. The molecule has 2 aromatic carbocycles. The van der Waals surface area contributed by atoms with E-state index in [0.717, 1.165) is 48.5 Å². The third kappa shape index (κ3) is 4.27. The quantitative estimate of drug-likeness (QED) is 0.825. The predicted molar refractivity (Wildman–Crippen MR) is 97.5 cm³/mol. The Morgan fingerprint density at radius 2 is 1.73 bits per heavy atom. The van der Waals surface area contributed by atoms with Crippen LogP contribution in [0.3, 0.4) is 0 Å². The highest BCUT2D eigenvalue weighted by atomic mass is 32.2. The summed E-state index contributed by atoms with van der Waals surface area (Å²) in [5.74, 6) is 1.33. The minimum Gasteiger partial charge on any atom is -0.496 e. The third-order valence-electron chi connectivity index (χ3n) is 4.37. The van der Waals surface area contributed by atoms with E-state index in [2.05, 4.69) is 11.0 Å². The molecule has 140 valence electrons. The van der Waals surface area contributed by atoms with Crippen molar-refractivity contribution < 1.29 is 22.1 Å². The lowest BCUT2D eigenvalue weighted by Crippen LogP contribution is -2.30. The average Bonchev–Trinajstić information content (AvgIpc) is 2.60. The van der Waals surface area contributed by atoms with Crippen LogP contribution in [0.4, 0.5) is 0 Å². The molecule has 0 aliphatic carbocycles. The fourth-order valence-electron chi connectivity index (χ4n) is 3.18. The SMILES string of the molecule is COc1ccccc1CN1CCc2cc(OS(N)(=O)=O)c(OC)cc2C1. The number of ether oxygens (including phenoxy) is 2. The molecule has 0 unspecified atom stereocenters. The van der Waals surface area contributed by atoms with E-state index in [1.807, 2.05) is 24.3 Å². The monoisotopic (exact) mass is 378 g/mol. The number of methoxy groups -OCH3 is 2. The lowest BCUT2D eigenvalue weighted by Gasteiger charge is -2.30. The Hall–Kier alpha value is -2.29. The van der Waals surface area contributed by atoms with Gasteiger partial charge in [0.1, 0.15) is 5.75 Å². The third-order valence-corrected chi connectivity index (χ3v) is 4.78. The summed E-state index contributed by atoms with van der Waals surface area (Å²) in [5, 5.41) is 4.98. The molecular formula is C18H22N2O5S. The second-order valence-electron chi connectivity index (χ2n) is 6.12. The molecule has 0 bridgehead atoms. The number of hydrogen-bond donors (Lipinski definition) is 1. The van der Waals surface area contributed by atoms with Crippen molar-refractivity contribution in [2.24, 2.45) is 5.14 Å². The number of rotatable bonds is 6. The van der Waals surface area contributed by atoms with Gasteiger partial charge in [0.2, 0.25) is 0 Å². The molecular weight excluding hydrogens is 356 g/mol. The highest BCUT2D eigenvalue weighted by molar-refractivity contribution is 7.84. The van der Waals surface area contributed by atoms with Gasteiger partial charge in [0.25, 0.3) is 0 Å². The van der Waals surface area contributed by atoms with Gasteiger partial charge < -0.3 is 13.7 Å². The Morgan fingerprint density at radius 1 is 1.04 bits per heavy atom. The van der Waals surface area contributed by atoms with E-state index in [0.29, 0.717) is 5.75 Å². The van der Waals surface area contributed by atoms with Crippen LogP contribution in [0.25, 0.3) is 0 Å². The Bertz CT molecular complexity index is 898. The highest BCUT2D eigenvalue weighted by Gasteiger charge is 2.22. The van der Waals surface area contributed by atoms with Crippen molar-refractivity contribution >= 4 is 10.3 Å². The van der Waals surface area contributed by atoms with Crippen LogP contribution in [0, 0.1) is 0 Å². The van der Waals surface area contributed by atoms with Crippen molar-refractivity contribution in [3.05, 3.63) is 53.1 Å². The van der Waals surface area contributed by atoms with Crippen molar-refractivity contribution in [1.82, 2.24) is 4.90 Å². The van der Waals surface area contributed by atoms with Gasteiger partial charge in [-0.15, -0.1) is 0 Å². The Morgan fingerprint density at radius 3 is 2.42 bits per heavy atom. The Balaban J connectivity index is 1.82. The molecule has 0 atom stereocenters. The first-order valence-electron chi connectivity index (χ1n) is 8.16. The highest BCUT2D eigenvalue weighted by Crippen LogP contribution is 2.34. The summed E-state index contributed by atoms with van der Waals surface area (Å²) in [4.78, 5) is 2.31. The fraction of sp³-hybridized carbons (Fsp3) is 0.333. The van der Waals surface area contributed by atoms with Crippen molar-refractivity contribution in [1.29, 1.82) is 0 Å². The molecule has 8 heteroatoms. The maximum Gasteiger partial charge on any atom is 0.380 e. The van der Waals surface area contributed by atoms with E-state index in [9.17, 15) is 8.42 Å². The zero-order chi connectivity index (χ0) is 18.7. The molecule has 2 aromatic rings. The minimum atomic E-state index is -4.10. The van der Waals surface area contributed by atoms with Crippen molar-refractivity contribution in [2.75, 3.05) is 20.8 Å². The average molecular weight is 378 g/mol. The van der Waals surface area contributed by atoms with Gasteiger partial charge >= 0.3 is 10.3 Å². The van der Waals surface area contributed by atoms with Gasteiger partial charge in [-0.25, -0.2) is 0 Å². The van der Waals surface area contributed by atoms with Crippen LogP contribution in [-0.2, 0) is 29.8 Å². The normalized spacial score (nSPS) is 14.6. The van der Waals surface area contributed by atoms with Crippen LogP contribution >= 0.6 is 0 Å². The van der Waals surface area contributed by atoms with Gasteiger partial charge in [0.15, 0.2) is 11.5 Å². The first kappa shape index (κ1) is 18.5. The second kappa shape index (κ2) is 7.53. The molecule has 7 nitrogen and oxygen atoms in total. The summed E-state index contributed by atoms with van der Waals surface area (Å²) >= 11 is 0. The maximum atomic E-state index is 11.2. The number of hydrogen-bond acceptors (Lipinski definition) is 6. The lowest BCUT2D eigenvalue weighted by molar-refractivity contribution is 0.241. The molecule has 0 amide bonds. The van der Waals surface area contributed by atoms with E-state index >= 15 is 0 Å². The zero-order valence-corrected chi connectivity index (χ0v) is 15.6. The van der Waals surface area contributed by atoms with Crippen LogP contribution in [-0.4, -0.2) is 34.1 Å². The molecule has 26 heavy (non-hydrogen) atoms. The van der Waals surface area contributed by atoms with Crippen LogP contribution in [0.15, 0.2) is 36.4 Å². The van der Waals surface area contributed by atoms with Crippen molar-refractivity contribution in [2.45, 2.75) is 19.5 Å². The number of fused-ring (bicyclic) bond motifs is 1. The number of benzene rings is 2. The van der Waals surface area contributed by atoms with Gasteiger partial charge in [0.05, 0.1) is 14.2 Å². The van der Waals surface area contributed by atoms with Gasteiger partial charge in [0, 0.05) is 25.2 Å². The molecule has 0 aromatic heterocycles. The van der Waals surface area contributed by atoms with E-state index in [1.54, 1.807) is 13.2 Å². The predicted octanol–water partition coefficient (Wildman–Crippen LogP) is 1.84. The summed E-state index contributed by atoms with van der Waals surface area (Å²) in [6.45, 7) is 2.33. The molecule has 0 saturated carbocycles. The van der Waals surface area contributed by atoms with E-state index in [4.69, 9.17) is 18.8 Å². The van der Waals surface area contributed by atoms with Gasteiger partial charge in [-0.3, -0.25) is 4.90 Å². The molecule has 2 N–H and O–H groups in total. The zero-order valence-electron chi connectivity index (χ0n) is 14.8. The lowest BCUT2D eigenvalue weighted by atomic mass is 9.98. The van der Waals surface area contributed by atoms with Crippen LogP contribution < -0.4 is 18.8 Å². The standard InChI is InChI=1S/C18H22N2O5S/c1-23-16-6-4-3-5-14(16)11-20-8-7-13-9-18(25-26(19,21)22)17(24-2)10-15(13)12-20/h3-6,9-10H,7-8,11-12H2,1-2H3,(H2,19,21,22). The fourth-order valence-corrected chi connectivity index (χ4v) is 3.56. The second-order valence-corrected chi connectivity index (χ2v) is 7.27. The van der Waals surface area contributed by atoms with Gasteiger partial charge in [-0.2, -0.15) is 13.6 Å². The van der Waals surface area contributed by atoms with Gasteiger partial charge in [-0.1, -0.05) is 18.2 Å². The smallest absolute Gasteiger partial charge is 0.380 e. The molecule has 0 radical (unpaired) electrons. The van der Waals surface area contributed by atoms with Gasteiger partial charge in [-0.05, 0) is 35.7 Å². The van der Waals surface area contributed by atoms with Crippen LogP contribution in [0.2, 0.25) is 0 Å². The molecule has 0 fully saturated rings. The number of nitrogens with zero attached hydrogens (tertiary/aromatic N) is 1. The summed E-state index contributed by atoms with van der Waals surface area (Å²) in [5.41, 5.74) is 3.23. The Kier molecular flexibility index (Phi) is 5.36. The Labute approximate surface area is 153 Å². The molecule has 3 rings (SSSR count). The van der Waals surface area contributed by atoms with E-state index < -0.39 is 10.3 Å². The van der Waals surface area contributed by atoms with Crippen molar-refractivity contribution in [3.8, 4) is 17.2 Å². The molecule has 1 aliphatic rings. The van der Waals surface area contributed by atoms with E-state index in [1.165, 1.54) is 7.11 Å². The maximum absolute atomic E-state index is 11.2. The first-order chi connectivity index (χ1) is 12.4. The van der Waals surface area contributed by atoms with Crippen molar-refractivity contribution in [3.63, 3.8) is 0 Å². The molecule has 0 saturated heterocycles. The summed E-state index contributed by atoms with van der Waals surface area (Å²) in [7, 11) is -0.965. The number of para-hydroxylation sites is 1. The largest absolute Gasteiger partial charge is 0.496 e.